The fourth-order valence-corrected chi connectivity index (χ4v) is 3.58. The minimum atomic E-state index is -1.47. The monoisotopic (exact) mass is 349 g/mol. The minimum absolute atomic E-state index is 0.160. The minimum Gasteiger partial charge on any atom is -0.439 e. The SMILES string of the molecule is C[Si](C)(C)C#CCN1C(=O)O[C@@H](c2ccccc2)[C@H]1c1ccccc1. The molecule has 2 atom stereocenters. The average Bonchev–Trinajstić information content (AvgIpc) is 2.92. The molecule has 0 aromatic heterocycles. The van der Waals surface area contributed by atoms with E-state index in [9.17, 15) is 4.79 Å². The molecule has 1 amide bonds. The Kier molecular flexibility index (Phi) is 4.96. The molecular formula is C21H23NO2Si. The van der Waals surface area contributed by atoms with Crippen LogP contribution in [-0.4, -0.2) is 25.6 Å². The quantitative estimate of drug-likeness (QED) is 0.588. The van der Waals surface area contributed by atoms with Gasteiger partial charge in [-0.15, -0.1) is 5.54 Å². The summed E-state index contributed by atoms with van der Waals surface area (Å²) in [5.41, 5.74) is 5.41. The number of carbonyl (C=O) groups excluding carboxylic acids is 1. The van der Waals surface area contributed by atoms with Gasteiger partial charge in [0.2, 0.25) is 0 Å². The molecule has 0 N–H and O–H groups in total. The van der Waals surface area contributed by atoms with Crippen LogP contribution in [0.15, 0.2) is 60.7 Å². The van der Waals surface area contributed by atoms with Crippen molar-refractivity contribution in [2.24, 2.45) is 0 Å². The first kappa shape index (κ1) is 17.3. The van der Waals surface area contributed by atoms with Crippen LogP contribution in [0.5, 0.6) is 0 Å². The summed E-state index contributed by atoms with van der Waals surface area (Å²) in [6.45, 7) is 6.99. The van der Waals surface area contributed by atoms with E-state index in [1.165, 1.54) is 0 Å². The highest BCUT2D eigenvalue weighted by Crippen LogP contribution is 2.42. The normalized spacial score (nSPS) is 20.0. The van der Waals surface area contributed by atoms with Crippen LogP contribution in [0.4, 0.5) is 4.79 Å². The van der Waals surface area contributed by atoms with Crippen LogP contribution >= 0.6 is 0 Å². The molecule has 2 aromatic carbocycles. The van der Waals surface area contributed by atoms with Crippen LogP contribution in [0.1, 0.15) is 23.3 Å². The van der Waals surface area contributed by atoms with Gasteiger partial charge in [0.1, 0.15) is 14.1 Å². The molecule has 4 heteroatoms. The summed E-state index contributed by atoms with van der Waals surface area (Å²) in [5, 5.41) is 0. The van der Waals surface area contributed by atoms with Gasteiger partial charge in [-0.3, -0.25) is 4.90 Å². The van der Waals surface area contributed by atoms with E-state index in [0.29, 0.717) is 6.54 Å². The molecule has 3 nitrogen and oxygen atoms in total. The second kappa shape index (κ2) is 7.16. The van der Waals surface area contributed by atoms with Crippen molar-refractivity contribution in [3.8, 4) is 11.5 Å². The first-order valence-electron chi connectivity index (χ1n) is 8.53. The van der Waals surface area contributed by atoms with Crippen molar-refractivity contribution in [3.63, 3.8) is 0 Å². The van der Waals surface area contributed by atoms with E-state index >= 15 is 0 Å². The van der Waals surface area contributed by atoms with Crippen molar-refractivity contribution in [2.75, 3.05) is 6.54 Å². The van der Waals surface area contributed by atoms with E-state index in [-0.39, 0.29) is 18.2 Å². The van der Waals surface area contributed by atoms with E-state index in [2.05, 4.69) is 31.1 Å². The first-order chi connectivity index (χ1) is 12.0. The molecule has 1 saturated heterocycles. The molecule has 2 aromatic rings. The lowest BCUT2D eigenvalue weighted by Gasteiger charge is -2.24. The number of benzene rings is 2. The second-order valence-corrected chi connectivity index (χ2v) is 12.0. The van der Waals surface area contributed by atoms with Gasteiger partial charge >= 0.3 is 6.09 Å². The first-order valence-corrected chi connectivity index (χ1v) is 12.0. The Morgan fingerprint density at radius 3 is 2.08 bits per heavy atom. The fourth-order valence-electron chi connectivity index (χ4n) is 2.97. The summed E-state index contributed by atoms with van der Waals surface area (Å²) in [6, 6.07) is 19.8. The molecule has 128 valence electrons. The highest BCUT2D eigenvalue weighted by molar-refractivity contribution is 6.83. The van der Waals surface area contributed by atoms with Crippen molar-refractivity contribution >= 4 is 14.2 Å². The highest BCUT2D eigenvalue weighted by Gasteiger charge is 2.43. The predicted molar refractivity (Wildman–Crippen MR) is 103 cm³/mol. The average molecular weight is 350 g/mol. The smallest absolute Gasteiger partial charge is 0.411 e. The van der Waals surface area contributed by atoms with Gasteiger partial charge in [-0.05, 0) is 11.1 Å². The number of nitrogens with zero attached hydrogens (tertiary/aromatic N) is 1. The molecule has 3 rings (SSSR count). The highest BCUT2D eigenvalue weighted by atomic mass is 28.3. The summed E-state index contributed by atoms with van der Waals surface area (Å²) >= 11 is 0. The number of rotatable bonds is 3. The van der Waals surface area contributed by atoms with Crippen LogP contribution in [-0.2, 0) is 4.74 Å². The van der Waals surface area contributed by atoms with Crippen molar-refractivity contribution in [1.82, 2.24) is 4.90 Å². The fraction of sp³-hybridized carbons (Fsp3) is 0.286. The van der Waals surface area contributed by atoms with E-state index < -0.39 is 8.07 Å². The summed E-state index contributed by atoms with van der Waals surface area (Å²) < 4.78 is 5.74. The van der Waals surface area contributed by atoms with Gasteiger partial charge in [0.05, 0.1) is 6.54 Å². The summed E-state index contributed by atoms with van der Waals surface area (Å²) in [5.74, 6) is 3.21. The Hall–Kier alpha value is -2.51. The third-order valence-corrected chi connectivity index (χ3v) is 4.99. The van der Waals surface area contributed by atoms with Crippen LogP contribution < -0.4 is 0 Å². The largest absolute Gasteiger partial charge is 0.439 e. The van der Waals surface area contributed by atoms with Crippen LogP contribution in [0, 0.1) is 11.5 Å². The van der Waals surface area contributed by atoms with Gasteiger partial charge in [0, 0.05) is 0 Å². The van der Waals surface area contributed by atoms with Gasteiger partial charge in [0.25, 0.3) is 0 Å². The maximum absolute atomic E-state index is 12.5. The second-order valence-electron chi connectivity index (χ2n) is 7.25. The van der Waals surface area contributed by atoms with E-state index in [4.69, 9.17) is 4.74 Å². The van der Waals surface area contributed by atoms with E-state index in [1.807, 2.05) is 60.7 Å². The zero-order valence-electron chi connectivity index (χ0n) is 14.9. The van der Waals surface area contributed by atoms with E-state index in [1.54, 1.807) is 4.90 Å². The van der Waals surface area contributed by atoms with Crippen LogP contribution in [0.2, 0.25) is 19.6 Å². The Bertz CT molecular complexity index is 787. The molecule has 0 aliphatic carbocycles. The number of ether oxygens (including phenoxy) is 1. The number of amides is 1. The Morgan fingerprint density at radius 1 is 0.960 bits per heavy atom. The van der Waals surface area contributed by atoms with Gasteiger partial charge in [0.15, 0.2) is 6.10 Å². The van der Waals surface area contributed by atoms with Gasteiger partial charge in [-0.2, -0.15) is 0 Å². The zero-order valence-corrected chi connectivity index (χ0v) is 15.9. The van der Waals surface area contributed by atoms with Crippen molar-refractivity contribution < 1.29 is 9.53 Å². The number of cyclic esters (lactones) is 1. The van der Waals surface area contributed by atoms with Gasteiger partial charge < -0.3 is 4.74 Å². The third kappa shape index (κ3) is 4.12. The molecule has 0 spiro atoms. The van der Waals surface area contributed by atoms with Crippen molar-refractivity contribution in [2.45, 2.75) is 31.8 Å². The number of carbonyl (C=O) groups is 1. The lowest BCUT2D eigenvalue weighted by atomic mass is 9.95. The molecule has 1 aliphatic heterocycles. The topological polar surface area (TPSA) is 29.5 Å². The van der Waals surface area contributed by atoms with Crippen LogP contribution in [0.25, 0.3) is 0 Å². The molecule has 0 saturated carbocycles. The predicted octanol–water partition coefficient (Wildman–Crippen LogP) is 4.80. The van der Waals surface area contributed by atoms with Gasteiger partial charge in [-0.25, -0.2) is 4.79 Å². The third-order valence-electron chi connectivity index (χ3n) is 4.07. The summed E-state index contributed by atoms with van der Waals surface area (Å²) in [6.07, 6.45) is -0.614. The standard InChI is InChI=1S/C21H23NO2Si/c1-25(2,3)16-10-15-22-19(17-11-6-4-7-12-17)20(24-21(22)23)18-13-8-5-9-14-18/h4-9,11-14,19-20H,15H2,1-3H3/t19-,20+/m1/s1. The molecule has 1 heterocycles. The van der Waals surface area contributed by atoms with Gasteiger partial charge in [-0.1, -0.05) is 86.2 Å². The molecule has 25 heavy (non-hydrogen) atoms. The van der Waals surface area contributed by atoms with Crippen molar-refractivity contribution in [3.05, 3.63) is 71.8 Å². The molecule has 1 aliphatic rings. The summed E-state index contributed by atoms with van der Waals surface area (Å²) in [4.78, 5) is 14.3. The Labute approximate surface area is 150 Å². The molecule has 1 fully saturated rings. The molecule has 0 bridgehead atoms. The number of hydrogen-bond acceptors (Lipinski definition) is 2. The maximum Gasteiger partial charge on any atom is 0.411 e. The Balaban J connectivity index is 1.95. The summed E-state index contributed by atoms with van der Waals surface area (Å²) in [7, 11) is -1.47. The maximum atomic E-state index is 12.5. The van der Waals surface area contributed by atoms with Crippen molar-refractivity contribution in [1.29, 1.82) is 0 Å². The molecular weight excluding hydrogens is 326 g/mol. The lowest BCUT2D eigenvalue weighted by molar-refractivity contribution is 0.130. The Morgan fingerprint density at radius 2 is 1.52 bits per heavy atom. The lowest BCUT2D eigenvalue weighted by Crippen LogP contribution is -2.29. The van der Waals surface area contributed by atoms with Crippen LogP contribution in [0.3, 0.4) is 0 Å². The molecule has 0 unspecified atom stereocenters. The zero-order chi connectivity index (χ0) is 17.9. The number of hydrogen-bond donors (Lipinski definition) is 0. The van der Waals surface area contributed by atoms with E-state index in [0.717, 1.165) is 11.1 Å². The molecule has 0 radical (unpaired) electrons.